The molecular weight excluding hydrogens is 347 g/mol. The van der Waals surface area contributed by atoms with Crippen molar-refractivity contribution in [3.05, 3.63) is 36.8 Å². The van der Waals surface area contributed by atoms with E-state index in [4.69, 9.17) is 4.74 Å². The largest absolute Gasteiger partial charge is 0.491 e. The average Bonchev–Trinajstić information content (AvgIpc) is 3.07. The first kappa shape index (κ1) is 17.7. The van der Waals surface area contributed by atoms with Gasteiger partial charge >= 0.3 is 0 Å². The van der Waals surface area contributed by atoms with Crippen LogP contribution in [0.3, 0.4) is 0 Å². The third-order valence-electron chi connectivity index (χ3n) is 4.49. The van der Waals surface area contributed by atoms with Crippen LogP contribution in [0.25, 0.3) is 17.0 Å². The summed E-state index contributed by atoms with van der Waals surface area (Å²) in [6, 6.07) is 5.29. The SMILES string of the molecule is CC(C)Oc1ccn2c(-c3ccnc(N[C@H]4CNCC[C@@H]4F)n3)cnc2c1. The second-order valence-corrected chi connectivity index (χ2v) is 6.93. The molecule has 0 saturated carbocycles. The predicted molar refractivity (Wildman–Crippen MR) is 102 cm³/mol. The van der Waals surface area contributed by atoms with Crippen LogP contribution in [0.2, 0.25) is 0 Å². The summed E-state index contributed by atoms with van der Waals surface area (Å²) < 4.78 is 21.7. The summed E-state index contributed by atoms with van der Waals surface area (Å²) in [7, 11) is 0. The van der Waals surface area contributed by atoms with Gasteiger partial charge in [-0.1, -0.05) is 0 Å². The van der Waals surface area contributed by atoms with E-state index in [-0.39, 0.29) is 12.1 Å². The molecule has 1 aliphatic heterocycles. The Kier molecular flexibility index (Phi) is 4.89. The van der Waals surface area contributed by atoms with E-state index in [1.54, 1.807) is 12.4 Å². The molecule has 0 radical (unpaired) electrons. The Hall–Kier alpha value is -2.74. The fraction of sp³-hybridized carbons (Fsp3) is 0.421. The number of fused-ring (bicyclic) bond motifs is 1. The zero-order valence-electron chi connectivity index (χ0n) is 15.4. The Morgan fingerprint density at radius 3 is 3.04 bits per heavy atom. The zero-order valence-corrected chi connectivity index (χ0v) is 15.4. The molecule has 0 bridgehead atoms. The number of anilines is 1. The van der Waals surface area contributed by atoms with Gasteiger partial charge in [-0.25, -0.2) is 19.3 Å². The molecule has 4 rings (SSSR count). The van der Waals surface area contributed by atoms with E-state index in [0.717, 1.165) is 22.8 Å². The van der Waals surface area contributed by atoms with Crippen molar-refractivity contribution < 1.29 is 9.13 Å². The predicted octanol–water partition coefficient (Wildman–Crippen LogP) is 2.69. The molecule has 0 amide bonds. The van der Waals surface area contributed by atoms with Gasteiger partial charge in [-0.05, 0) is 38.9 Å². The summed E-state index contributed by atoms with van der Waals surface area (Å²) in [5.74, 6) is 1.19. The number of nitrogens with one attached hydrogen (secondary N) is 2. The summed E-state index contributed by atoms with van der Waals surface area (Å²) in [4.78, 5) is 13.2. The van der Waals surface area contributed by atoms with Crippen LogP contribution in [-0.4, -0.2) is 50.8 Å². The number of imidazole rings is 1. The minimum Gasteiger partial charge on any atom is -0.491 e. The maximum Gasteiger partial charge on any atom is 0.223 e. The van der Waals surface area contributed by atoms with Gasteiger partial charge < -0.3 is 15.4 Å². The second kappa shape index (κ2) is 7.48. The molecule has 2 N–H and O–H groups in total. The number of rotatable bonds is 5. The van der Waals surface area contributed by atoms with Crippen molar-refractivity contribution in [3.8, 4) is 17.1 Å². The Morgan fingerprint density at radius 2 is 2.22 bits per heavy atom. The summed E-state index contributed by atoms with van der Waals surface area (Å²) in [5, 5.41) is 6.29. The number of hydrogen-bond donors (Lipinski definition) is 2. The van der Waals surface area contributed by atoms with Crippen molar-refractivity contribution in [2.45, 2.75) is 38.6 Å². The highest BCUT2D eigenvalue weighted by molar-refractivity contribution is 5.62. The second-order valence-electron chi connectivity index (χ2n) is 6.93. The van der Waals surface area contributed by atoms with Crippen LogP contribution >= 0.6 is 0 Å². The highest BCUT2D eigenvalue weighted by atomic mass is 19.1. The Labute approximate surface area is 157 Å². The Bertz CT molecular complexity index is 927. The topological polar surface area (TPSA) is 76.4 Å². The molecule has 0 unspecified atom stereocenters. The molecule has 1 fully saturated rings. The van der Waals surface area contributed by atoms with Crippen molar-refractivity contribution in [1.29, 1.82) is 0 Å². The van der Waals surface area contributed by atoms with Gasteiger partial charge in [0, 0.05) is 25.0 Å². The number of aromatic nitrogens is 4. The molecule has 2 atom stereocenters. The molecule has 0 aromatic carbocycles. The van der Waals surface area contributed by atoms with Crippen LogP contribution in [-0.2, 0) is 0 Å². The lowest BCUT2D eigenvalue weighted by Crippen LogP contribution is -2.46. The van der Waals surface area contributed by atoms with Gasteiger partial charge in [0.15, 0.2) is 0 Å². The third-order valence-corrected chi connectivity index (χ3v) is 4.49. The highest BCUT2D eigenvalue weighted by Crippen LogP contribution is 2.23. The smallest absolute Gasteiger partial charge is 0.223 e. The first-order chi connectivity index (χ1) is 13.1. The number of nitrogens with zero attached hydrogens (tertiary/aromatic N) is 4. The van der Waals surface area contributed by atoms with E-state index >= 15 is 0 Å². The van der Waals surface area contributed by atoms with E-state index in [0.29, 0.717) is 25.5 Å². The van der Waals surface area contributed by atoms with Gasteiger partial charge in [-0.2, -0.15) is 0 Å². The normalized spacial score (nSPS) is 20.1. The van der Waals surface area contributed by atoms with E-state index in [9.17, 15) is 4.39 Å². The molecular formula is C19H23FN6O. The average molecular weight is 370 g/mol. The summed E-state index contributed by atoms with van der Waals surface area (Å²) in [5.41, 5.74) is 2.33. The highest BCUT2D eigenvalue weighted by Gasteiger charge is 2.25. The Morgan fingerprint density at radius 1 is 1.33 bits per heavy atom. The van der Waals surface area contributed by atoms with Crippen molar-refractivity contribution in [2.75, 3.05) is 18.4 Å². The Balaban J connectivity index is 1.60. The quantitative estimate of drug-likeness (QED) is 0.719. The van der Waals surface area contributed by atoms with Crippen molar-refractivity contribution in [2.24, 2.45) is 0 Å². The lowest BCUT2D eigenvalue weighted by atomic mass is 10.1. The van der Waals surface area contributed by atoms with Crippen molar-refractivity contribution in [3.63, 3.8) is 0 Å². The van der Waals surface area contributed by atoms with E-state index < -0.39 is 6.17 Å². The number of halogens is 1. The third kappa shape index (κ3) is 3.85. The van der Waals surface area contributed by atoms with Gasteiger partial charge in [0.25, 0.3) is 0 Å². The molecule has 7 nitrogen and oxygen atoms in total. The van der Waals surface area contributed by atoms with Crippen molar-refractivity contribution >= 4 is 11.6 Å². The van der Waals surface area contributed by atoms with E-state index in [1.807, 2.05) is 42.6 Å². The molecule has 3 aromatic heterocycles. The molecule has 0 spiro atoms. The number of piperidine rings is 1. The van der Waals surface area contributed by atoms with Gasteiger partial charge in [0.1, 0.15) is 17.6 Å². The zero-order chi connectivity index (χ0) is 18.8. The van der Waals surface area contributed by atoms with Crippen LogP contribution < -0.4 is 15.4 Å². The molecule has 8 heteroatoms. The van der Waals surface area contributed by atoms with Gasteiger partial charge in [0.05, 0.1) is 29.7 Å². The minimum atomic E-state index is -0.909. The molecule has 142 valence electrons. The first-order valence-corrected chi connectivity index (χ1v) is 9.18. The number of pyridine rings is 1. The van der Waals surface area contributed by atoms with Gasteiger partial charge in [0.2, 0.25) is 5.95 Å². The monoisotopic (exact) mass is 370 g/mol. The maximum atomic E-state index is 14.1. The molecule has 1 saturated heterocycles. The van der Waals surface area contributed by atoms with Crippen LogP contribution in [0.4, 0.5) is 10.3 Å². The lowest BCUT2D eigenvalue weighted by molar-refractivity contribution is 0.240. The van der Waals surface area contributed by atoms with E-state index in [1.165, 1.54) is 0 Å². The molecule has 4 heterocycles. The molecule has 0 aliphatic carbocycles. The number of hydrogen-bond acceptors (Lipinski definition) is 6. The molecule has 1 aliphatic rings. The molecule has 27 heavy (non-hydrogen) atoms. The number of ether oxygens (including phenoxy) is 1. The summed E-state index contributed by atoms with van der Waals surface area (Å²) in [6.07, 6.45) is 5.03. The van der Waals surface area contributed by atoms with Gasteiger partial charge in [-0.15, -0.1) is 0 Å². The van der Waals surface area contributed by atoms with Crippen molar-refractivity contribution in [1.82, 2.24) is 24.7 Å². The molecule has 3 aromatic rings. The summed E-state index contributed by atoms with van der Waals surface area (Å²) >= 11 is 0. The lowest BCUT2D eigenvalue weighted by Gasteiger charge is -2.27. The van der Waals surface area contributed by atoms with Crippen LogP contribution in [0, 0.1) is 0 Å². The van der Waals surface area contributed by atoms with Crippen LogP contribution in [0.5, 0.6) is 5.75 Å². The summed E-state index contributed by atoms with van der Waals surface area (Å²) in [6.45, 7) is 5.23. The number of alkyl halides is 1. The minimum absolute atomic E-state index is 0.103. The fourth-order valence-corrected chi connectivity index (χ4v) is 3.20. The van der Waals surface area contributed by atoms with Gasteiger partial charge in [-0.3, -0.25) is 4.40 Å². The standard InChI is InChI=1S/C19H23FN6O/c1-12(2)27-13-5-8-26-17(11-23-18(26)9-13)15-4-7-22-19(24-15)25-16-10-21-6-3-14(16)20/h4-5,7-9,11-12,14,16,21H,3,6,10H2,1-2H3,(H,22,24,25)/t14-,16-/m0/s1. The fourth-order valence-electron chi connectivity index (χ4n) is 3.20. The van der Waals surface area contributed by atoms with Crippen LogP contribution in [0.1, 0.15) is 20.3 Å². The first-order valence-electron chi connectivity index (χ1n) is 9.18. The van der Waals surface area contributed by atoms with Crippen LogP contribution in [0.15, 0.2) is 36.8 Å². The maximum absolute atomic E-state index is 14.1. The van der Waals surface area contributed by atoms with E-state index in [2.05, 4.69) is 25.6 Å².